The molecule has 0 aliphatic rings. The van der Waals surface area contributed by atoms with E-state index in [1.165, 1.54) is 0 Å². The summed E-state index contributed by atoms with van der Waals surface area (Å²) >= 11 is 0. The van der Waals surface area contributed by atoms with Crippen LogP contribution in [-0.2, 0) is 0 Å². The normalized spacial score (nSPS) is 10.2. The van der Waals surface area contributed by atoms with Crippen molar-refractivity contribution in [2.45, 2.75) is 13.8 Å². The topological polar surface area (TPSA) is 43.1 Å². The van der Waals surface area contributed by atoms with Gasteiger partial charge in [0.25, 0.3) is 0 Å². The van der Waals surface area contributed by atoms with Crippen molar-refractivity contribution in [3.05, 3.63) is 64.7 Å². The first-order valence-electron chi connectivity index (χ1n) is 5.55. The Hall–Kier alpha value is -2.09. The van der Waals surface area contributed by atoms with Crippen LogP contribution in [0.2, 0.25) is 0 Å². The number of carbonyl (C=O) groups is 1. The molecule has 0 amide bonds. The van der Waals surface area contributed by atoms with Crippen LogP contribution < -0.4 is 5.73 Å². The predicted octanol–water partition coefficient (Wildman–Crippen LogP) is 3.12. The molecule has 2 nitrogen and oxygen atoms in total. The number of nitrogens with two attached hydrogens (primary N) is 1. The van der Waals surface area contributed by atoms with Crippen LogP contribution >= 0.6 is 0 Å². The molecule has 0 saturated carbocycles. The van der Waals surface area contributed by atoms with Crippen molar-refractivity contribution in [3.63, 3.8) is 0 Å². The highest BCUT2D eigenvalue weighted by molar-refractivity contribution is 6.10. The zero-order valence-corrected chi connectivity index (χ0v) is 10.0. The van der Waals surface area contributed by atoms with Crippen molar-refractivity contribution in [3.8, 4) is 0 Å². The van der Waals surface area contributed by atoms with E-state index in [0.29, 0.717) is 11.3 Å². The Morgan fingerprint density at radius 3 is 2.47 bits per heavy atom. The van der Waals surface area contributed by atoms with E-state index in [4.69, 9.17) is 5.73 Å². The van der Waals surface area contributed by atoms with E-state index in [-0.39, 0.29) is 5.78 Å². The Morgan fingerprint density at radius 1 is 1.06 bits per heavy atom. The number of rotatable bonds is 2. The number of hydrogen-bond donors (Lipinski definition) is 1. The van der Waals surface area contributed by atoms with Crippen LogP contribution in [0.4, 0.5) is 5.69 Å². The van der Waals surface area contributed by atoms with Crippen molar-refractivity contribution in [1.82, 2.24) is 0 Å². The summed E-state index contributed by atoms with van der Waals surface area (Å²) in [5.74, 6) is 0.0230. The van der Waals surface area contributed by atoms with Crippen LogP contribution in [0.1, 0.15) is 27.0 Å². The molecular formula is C15H15NO. The van der Waals surface area contributed by atoms with Gasteiger partial charge in [-0.1, -0.05) is 35.9 Å². The summed E-state index contributed by atoms with van der Waals surface area (Å²) < 4.78 is 0. The number of benzene rings is 2. The number of hydrogen-bond acceptors (Lipinski definition) is 2. The molecular weight excluding hydrogens is 210 g/mol. The van der Waals surface area contributed by atoms with E-state index in [9.17, 15) is 4.79 Å². The quantitative estimate of drug-likeness (QED) is 0.630. The van der Waals surface area contributed by atoms with E-state index in [1.807, 2.05) is 32.0 Å². The highest BCUT2D eigenvalue weighted by Crippen LogP contribution is 2.17. The lowest BCUT2D eigenvalue weighted by Gasteiger charge is -2.06. The molecule has 0 spiro atoms. The maximum Gasteiger partial charge on any atom is 0.193 e. The fourth-order valence-corrected chi connectivity index (χ4v) is 1.90. The Morgan fingerprint density at radius 2 is 1.82 bits per heavy atom. The summed E-state index contributed by atoms with van der Waals surface area (Å²) in [5, 5.41) is 0. The van der Waals surface area contributed by atoms with Gasteiger partial charge in [-0.3, -0.25) is 4.79 Å². The summed E-state index contributed by atoms with van der Waals surface area (Å²) in [5.41, 5.74) is 9.83. The average Bonchev–Trinajstić information content (AvgIpc) is 2.28. The number of nitrogen functional groups attached to an aromatic ring is 1. The highest BCUT2D eigenvalue weighted by atomic mass is 16.1. The van der Waals surface area contributed by atoms with Gasteiger partial charge in [0.2, 0.25) is 0 Å². The lowest BCUT2D eigenvalue weighted by atomic mass is 9.97. The van der Waals surface area contributed by atoms with E-state index in [0.717, 1.165) is 16.7 Å². The van der Waals surface area contributed by atoms with E-state index in [1.54, 1.807) is 24.3 Å². The van der Waals surface area contributed by atoms with Crippen LogP contribution in [-0.4, -0.2) is 5.78 Å². The number of anilines is 1. The molecule has 0 fully saturated rings. The average molecular weight is 225 g/mol. The molecule has 0 aliphatic carbocycles. The van der Waals surface area contributed by atoms with Crippen LogP contribution in [0.5, 0.6) is 0 Å². The Labute approximate surface area is 101 Å². The predicted molar refractivity (Wildman–Crippen MR) is 70.2 cm³/mol. The van der Waals surface area contributed by atoms with E-state index >= 15 is 0 Å². The molecule has 0 atom stereocenters. The van der Waals surface area contributed by atoms with E-state index in [2.05, 4.69) is 0 Å². The fraction of sp³-hybridized carbons (Fsp3) is 0.133. The minimum atomic E-state index is 0.0230. The second-order valence-corrected chi connectivity index (χ2v) is 4.27. The second kappa shape index (κ2) is 4.42. The second-order valence-electron chi connectivity index (χ2n) is 4.27. The van der Waals surface area contributed by atoms with Gasteiger partial charge in [0, 0.05) is 16.8 Å². The molecule has 0 bridgehead atoms. The van der Waals surface area contributed by atoms with Gasteiger partial charge in [0.1, 0.15) is 0 Å². The molecule has 0 aliphatic heterocycles. The van der Waals surface area contributed by atoms with Crippen LogP contribution in [0.3, 0.4) is 0 Å². The van der Waals surface area contributed by atoms with Crippen LogP contribution in [0.25, 0.3) is 0 Å². The van der Waals surface area contributed by atoms with Crippen LogP contribution in [0, 0.1) is 13.8 Å². The number of aryl methyl sites for hydroxylation is 2. The zero-order chi connectivity index (χ0) is 12.4. The Bertz CT molecular complexity index is 573. The number of carbonyl (C=O) groups excluding carboxylic acids is 1. The molecule has 2 N–H and O–H groups in total. The first-order valence-corrected chi connectivity index (χ1v) is 5.55. The lowest BCUT2D eigenvalue weighted by molar-refractivity contribution is 0.103. The Kier molecular flexibility index (Phi) is 2.96. The van der Waals surface area contributed by atoms with Crippen LogP contribution in [0.15, 0.2) is 42.5 Å². The highest BCUT2D eigenvalue weighted by Gasteiger charge is 2.11. The van der Waals surface area contributed by atoms with Gasteiger partial charge in [-0.15, -0.1) is 0 Å². The first-order chi connectivity index (χ1) is 8.08. The third-order valence-corrected chi connectivity index (χ3v) is 2.78. The summed E-state index contributed by atoms with van der Waals surface area (Å²) in [7, 11) is 0. The molecule has 2 aromatic carbocycles. The standard InChI is InChI=1S/C15H15NO/c1-10-6-7-14(11(2)8-10)15(17)12-4-3-5-13(16)9-12/h3-9H,16H2,1-2H3. The maximum atomic E-state index is 12.3. The summed E-state index contributed by atoms with van der Waals surface area (Å²) in [6.07, 6.45) is 0. The molecule has 2 rings (SSSR count). The molecule has 17 heavy (non-hydrogen) atoms. The summed E-state index contributed by atoms with van der Waals surface area (Å²) in [6, 6.07) is 12.9. The van der Waals surface area contributed by atoms with E-state index < -0.39 is 0 Å². The molecule has 0 radical (unpaired) electrons. The smallest absolute Gasteiger partial charge is 0.193 e. The largest absolute Gasteiger partial charge is 0.399 e. The summed E-state index contributed by atoms with van der Waals surface area (Å²) in [6.45, 7) is 3.97. The fourth-order valence-electron chi connectivity index (χ4n) is 1.90. The van der Waals surface area contributed by atoms with Gasteiger partial charge in [0.15, 0.2) is 5.78 Å². The van der Waals surface area contributed by atoms with Gasteiger partial charge in [-0.05, 0) is 31.5 Å². The molecule has 2 aromatic rings. The van der Waals surface area contributed by atoms with Gasteiger partial charge >= 0.3 is 0 Å². The van der Waals surface area contributed by atoms with Crippen molar-refractivity contribution < 1.29 is 4.79 Å². The lowest BCUT2D eigenvalue weighted by Crippen LogP contribution is -2.04. The molecule has 0 aromatic heterocycles. The minimum absolute atomic E-state index is 0.0230. The van der Waals surface area contributed by atoms with Crippen molar-refractivity contribution in [2.24, 2.45) is 0 Å². The zero-order valence-electron chi connectivity index (χ0n) is 10.0. The molecule has 2 heteroatoms. The van der Waals surface area contributed by atoms with Gasteiger partial charge < -0.3 is 5.73 Å². The SMILES string of the molecule is Cc1ccc(C(=O)c2cccc(N)c2)c(C)c1. The molecule has 0 saturated heterocycles. The first kappa shape index (κ1) is 11.4. The third kappa shape index (κ3) is 2.36. The van der Waals surface area contributed by atoms with Gasteiger partial charge in [-0.2, -0.15) is 0 Å². The maximum absolute atomic E-state index is 12.3. The Balaban J connectivity index is 2.44. The molecule has 0 heterocycles. The summed E-state index contributed by atoms with van der Waals surface area (Å²) in [4.78, 5) is 12.3. The van der Waals surface area contributed by atoms with Crippen molar-refractivity contribution >= 4 is 11.5 Å². The minimum Gasteiger partial charge on any atom is -0.399 e. The molecule has 0 unspecified atom stereocenters. The molecule has 86 valence electrons. The number of ketones is 1. The monoisotopic (exact) mass is 225 g/mol. The van der Waals surface area contributed by atoms with Crippen molar-refractivity contribution in [1.29, 1.82) is 0 Å². The van der Waals surface area contributed by atoms with Gasteiger partial charge in [0.05, 0.1) is 0 Å². The van der Waals surface area contributed by atoms with Gasteiger partial charge in [-0.25, -0.2) is 0 Å². The van der Waals surface area contributed by atoms with Crippen molar-refractivity contribution in [2.75, 3.05) is 5.73 Å². The third-order valence-electron chi connectivity index (χ3n) is 2.78.